The van der Waals surface area contributed by atoms with E-state index in [4.69, 9.17) is 11.0 Å². The zero-order valence-corrected chi connectivity index (χ0v) is 7.35. The van der Waals surface area contributed by atoms with Crippen molar-refractivity contribution in [3.63, 3.8) is 0 Å². The Balaban J connectivity index is 2.53. The van der Waals surface area contributed by atoms with Gasteiger partial charge in [-0.25, -0.2) is 8.78 Å². The number of rotatable bonds is 1. The van der Waals surface area contributed by atoms with Crippen LogP contribution in [0, 0.1) is 23.0 Å². The van der Waals surface area contributed by atoms with E-state index in [1.807, 2.05) is 0 Å². The summed E-state index contributed by atoms with van der Waals surface area (Å²) < 4.78 is 26.3. The largest absolute Gasteiger partial charge is 0.321 e. The number of nitrogens with two attached hydrogens (primary N) is 1. The maximum atomic E-state index is 13.2. The molecule has 0 heterocycles. The molecule has 14 heavy (non-hydrogen) atoms. The van der Waals surface area contributed by atoms with Gasteiger partial charge in [-0.2, -0.15) is 5.26 Å². The van der Waals surface area contributed by atoms with E-state index in [1.54, 1.807) is 0 Å². The monoisotopic (exact) mass is 194 g/mol. The number of benzene rings is 1. The zero-order valence-electron chi connectivity index (χ0n) is 7.35. The third kappa shape index (κ3) is 1.26. The summed E-state index contributed by atoms with van der Waals surface area (Å²) in [6.07, 6.45) is 1.47. The molecule has 0 aromatic heterocycles. The molecule has 2 N–H and O–H groups in total. The van der Waals surface area contributed by atoms with Crippen molar-refractivity contribution in [3.8, 4) is 6.07 Å². The minimum Gasteiger partial charge on any atom is -0.321 e. The summed E-state index contributed by atoms with van der Waals surface area (Å²) in [6, 6.07) is 3.77. The van der Waals surface area contributed by atoms with Gasteiger partial charge in [0.15, 0.2) is 0 Å². The van der Waals surface area contributed by atoms with Gasteiger partial charge in [0, 0.05) is 5.54 Å². The fourth-order valence-corrected chi connectivity index (χ4v) is 1.39. The van der Waals surface area contributed by atoms with Crippen LogP contribution in [-0.4, -0.2) is 0 Å². The van der Waals surface area contributed by atoms with E-state index in [1.165, 1.54) is 6.07 Å². The molecule has 0 saturated heterocycles. The minimum absolute atomic E-state index is 0.437. The molecular weight excluding hydrogens is 186 g/mol. The van der Waals surface area contributed by atoms with Crippen molar-refractivity contribution in [1.29, 1.82) is 5.26 Å². The third-order valence-electron chi connectivity index (χ3n) is 2.52. The van der Waals surface area contributed by atoms with Crippen molar-refractivity contribution in [2.45, 2.75) is 18.4 Å². The Morgan fingerprint density at radius 3 is 2.14 bits per heavy atom. The Morgan fingerprint density at radius 1 is 1.29 bits per heavy atom. The molecule has 0 radical (unpaired) electrons. The summed E-state index contributed by atoms with van der Waals surface area (Å²) in [5.74, 6) is -1.67. The second-order valence-electron chi connectivity index (χ2n) is 3.58. The summed E-state index contributed by atoms with van der Waals surface area (Å²) in [4.78, 5) is 0. The summed E-state index contributed by atoms with van der Waals surface area (Å²) in [5, 5.41) is 8.45. The van der Waals surface area contributed by atoms with Crippen LogP contribution in [-0.2, 0) is 5.54 Å². The van der Waals surface area contributed by atoms with E-state index in [9.17, 15) is 8.78 Å². The molecule has 0 unspecified atom stereocenters. The molecule has 1 aliphatic carbocycles. The van der Waals surface area contributed by atoms with Gasteiger partial charge in [-0.1, -0.05) is 0 Å². The molecule has 0 bridgehead atoms. The Kier molecular flexibility index (Phi) is 1.79. The number of hydrogen-bond acceptors (Lipinski definition) is 2. The average Bonchev–Trinajstić information content (AvgIpc) is 2.84. The quantitative estimate of drug-likeness (QED) is 0.740. The van der Waals surface area contributed by atoms with E-state index in [2.05, 4.69) is 0 Å². The zero-order chi connectivity index (χ0) is 10.3. The van der Waals surface area contributed by atoms with Crippen LogP contribution in [0.4, 0.5) is 8.78 Å². The summed E-state index contributed by atoms with van der Waals surface area (Å²) in [6.45, 7) is 0. The van der Waals surface area contributed by atoms with E-state index in [0.29, 0.717) is 5.56 Å². The van der Waals surface area contributed by atoms with Crippen molar-refractivity contribution >= 4 is 0 Å². The first kappa shape index (κ1) is 9.10. The first-order valence-corrected chi connectivity index (χ1v) is 4.25. The lowest BCUT2D eigenvalue weighted by Crippen LogP contribution is -2.19. The van der Waals surface area contributed by atoms with Gasteiger partial charge in [0.1, 0.15) is 23.3 Å². The van der Waals surface area contributed by atoms with Crippen LogP contribution in [0.15, 0.2) is 12.1 Å². The predicted molar refractivity (Wildman–Crippen MR) is 46.2 cm³/mol. The average molecular weight is 194 g/mol. The van der Waals surface area contributed by atoms with Gasteiger partial charge in [-0.05, 0) is 30.5 Å². The third-order valence-corrected chi connectivity index (χ3v) is 2.52. The number of nitriles is 1. The smallest absolute Gasteiger partial charge is 0.144 e. The van der Waals surface area contributed by atoms with Crippen molar-refractivity contribution in [1.82, 2.24) is 0 Å². The van der Waals surface area contributed by atoms with Gasteiger partial charge in [-0.3, -0.25) is 0 Å². The second-order valence-corrected chi connectivity index (χ2v) is 3.58. The standard InChI is InChI=1S/C10H8F2N2/c11-8-3-6(10(14)1-2-10)4-9(12)7(8)5-13/h3-4H,1-2,14H2. The van der Waals surface area contributed by atoms with Gasteiger partial charge in [0.2, 0.25) is 0 Å². The molecule has 0 spiro atoms. The van der Waals surface area contributed by atoms with Gasteiger partial charge in [-0.15, -0.1) is 0 Å². The number of nitrogens with zero attached hydrogens (tertiary/aromatic N) is 1. The Morgan fingerprint density at radius 2 is 1.79 bits per heavy atom. The van der Waals surface area contributed by atoms with Crippen molar-refractivity contribution in [3.05, 3.63) is 34.9 Å². The highest BCUT2D eigenvalue weighted by molar-refractivity contribution is 5.39. The normalized spacial score (nSPS) is 17.6. The van der Waals surface area contributed by atoms with Gasteiger partial charge < -0.3 is 5.73 Å². The summed E-state index contributed by atoms with van der Waals surface area (Å²) >= 11 is 0. The highest BCUT2D eigenvalue weighted by atomic mass is 19.1. The molecule has 1 aromatic rings. The fourth-order valence-electron chi connectivity index (χ4n) is 1.39. The van der Waals surface area contributed by atoms with Crippen molar-refractivity contribution in [2.24, 2.45) is 5.73 Å². The number of hydrogen-bond donors (Lipinski definition) is 1. The van der Waals surface area contributed by atoms with Crippen molar-refractivity contribution in [2.75, 3.05) is 0 Å². The number of halogens is 2. The SMILES string of the molecule is N#Cc1c(F)cc(C2(N)CC2)cc1F. The van der Waals surface area contributed by atoms with E-state index in [0.717, 1.165) is 25.0 Å². The molecule has 1 saturated carbocycles. The first-order valence-electron chi connectivity index (χ1n) is 4.25. The van der Waals surface area contributed by atoms with Crippen LogP contribution in [0.25, 0.3) is 0 Å². The molecule has 0 amide bonds. The van der Waals surface area contributed by atoms with Crippen LogP contribution in [0.3, 0.4) is 0 Å². The Hall–Kier alpha value is -1.47. The molecule has 1 fully saturated rings. The molecule has 2 rings (SSSR count). The molecule has 1 aliphatic rings. The van der Waals surface area contributed by atoms with Crippen LogP contribution in [0.2, 0.25) is 0 Å². The molecular formula is C10H8F2N2. The van der Waals surface area contributed by atoms with Crippen LogP contribution in [0.5, 0.6) is 0 Å². The van der Waals surface area contributed by atoms with Gasteiger partial charge in [0.05, 0.1) is 0 Å². The second kappa shape index (κ2) is 2.76. The van der Waals surface area contributed by atoms with Crippen LogP contribution < -0.4 is 5.73 Å². The lowest BCUT2D eigenvalue weighted by molar-refractivity contribution is 0.566. The van der Waals surface area contributed by atoms with Crippen LogP contribution >= 0.6 is 0 Å². The molecule has 2 nitrogen and oxygen atoms in total. The Bertz CT molecular complexity index is 407. The lowest BCUT2D eigenvalue weighted by atomic mass is 10.0. The van der Waals surface area contributed by atoms with Crippen LogP contribution in [0.1, 0.15) is 24.0 Å². The van der Waals surface area contributed by atoms with E-state index < -0.39 is 22.7 Å². The maximum Gasteiger partial charge on any atom is 0.144 e. The minimum atomic E-state index is -0.834. The van der Waals surface area contributed by atoms with Gasteiger partial charge >= 0.3 is 0 Å². The predicted octanol–water partition coefficient (Wildman–Crippen LogP) is 1.78. The van der Waals surface area contributed by atoms with Gasteiger partial charge in [0.25, 0.3) is 0 Å². The molecule has 0 atom stereocenters. The highest BCUT2D eigenvalue weighted by Crippen LogP contribution is 2.43. The first-order chi connectivity index (χ1) is 6.57. The highest BCUT2D eigenvalue weighted by Gasteiger charge is 2.40. The lowest BCUT2D eigenvalue weighted by Gasteiger charge is -2.09. The molecule has 1 aromatic carbocycles. The summed E-state index contributed by atoms with van der Waals surface area (Å²) in [5.41, 5.74) is 5.10. The van der Waals surface area contributed by atoms with E-state index in [-0.39, 0.29) is 0 Å². The fraction of sp³-hybridized carbons (Fsp3) is 0.300. The summed E-state index contributed by atoms with van der Waals surface area (Å²) in [7, 11) is 0. The molecule has 4 heteroatoms. The maximum absolute atomic E-state index is 13.2. The van der Waals surface area contributed by atoms with E-state index >= 15 is 0 Å². The Labute approximate surface area is 79.9 Å². The molecule has 0 aliphatic heterocycles. The van der Waals surface area contributed by atoms with Crippen molar-refractivity contribution < 1.29 is 8.78 Å². The molecule has 72 valence electrons. The topological polar surface area (TPSA) is 49.8 Å².